The summed E-state index contributed by atoms with van der Waals surface area (Å²) in [6.07, 6.45) is 4.80. The molecule has 0 spiro atoms. The highest BCUT2D eigenvalue weighted by Crippen LogP contribution is 2.12. The van der Waals surface area contributed by atoms with Crippen LogP contribution in [0, 0.1) is 0 Å². The zero-order valence-electron chi connectivity index (χ0n) is 9.53. The largest absolute Gasteiger partial charge is 0.396 e. The van der Waals surface area contributed by atoms with Crippen molar-refractivity contribution in [3.05, 3.63) is 40.4 Å². The lowest BCUT2D eigenvalue weighted by molar-refractivity contribution is -0.116. The molecule has 0 saturated heterocycles. The lowest BCUT2D eigenvalue weighted by atomic mass is 10.2. The first-order valence-corrected chi connectivity index (χ1v) is 6.34. The highest BCUT2D eigenvalue weighted by atomic mass is 79.9. The summed E-state index contributed by atoms with van der Waals surface area (Å²) in [5.41, 5.74) is 0.977. The lowest BCUT2D eigenvalue weighted by Crippen LogP contribution is -2.22. The highest BCUT2D eigenvalue weighted by molar-refractivity contribution is 9.10. The summed E-state index contributed by atoms with van der Waals surface area (Å²) in [6.45, 7) is 0.770. The van der Waals surface area contributed by atoms with E-state index in [1.54, 1.807) is 6.08 Å². The molecular weight excluding hydrogens is 282 g/mol. The first kappa shape index (κ1) is 13.9. The third-order valence-electron chi connectivity index (χ3n) is 2.16. The minimum Gasteiger partial charge on any atom is -0.396 e. The van der Waals surface area contributed by atoms with Gasteiger partial charge >= 0.3 is 0 Å². The van der Waals surface area contributed by atoms with E-state index in [0.29, 0.717) is 6.54 Å². The maximum Gasteiger partial charge on any atom is 0.243 e. The van der Waals surface area contributed by atoms with Crippen LogP contribution in [0.5, 0.6) is 0 Å². The predicted octanol–water partition coefficient (Wildman–Crippen LogP) is 2.35. The summed E-state index contributed by atoms with van der Waals surface area (Å²) in [6, 6.07) is 7.73. The Bertz CT molecular complexity index is 391. The van der Waals surface area contributed by atoms with Gasteiger partial charge in [-0.05, 0) is 36.6 Å². The van der Waals surface area contributed by atoms with Crippen LogP contribution in [0.2, 0.25) is 0 Å². The van der Waals surface area contributed by atoms with E-state index in [4.69, 9.17) is 5.11 Å². The van der Waals surface area contributed by atoms with E-state index in [1.807, 2.05) is 24.3 Å². The molecular formula is C13H16BrNO2. The van der Waals surface area contributed by atoms with Gasteiger partial charge in [0.15, 0.2) is 0 Å². The lowest BCUT2D eigenvalue weighted by Gasteiger charge is -2.00. The molecule has 1 aromatic rings. The minimum absolute atomic E-state index is 0.108. The second kappa shape index (κ2) is 8.03. The summed E-state index contributed by atoms with van der Waals surface area (Å²) < 4.78 is 0.989. The summed E-state index contributed by atoms with van der Waals surface area (Å²) in [5.74, 6) is -0.108. The van der Waals surface area contributed by atoms with E-state index in [1.165, 1.54) is 6.08 Å². The van der Waals surface area contributed by atoms with Crippen molar-refractivity contribution in [2.45, 2.75) is 12.8 Å². The second-order valence-electron chi connectivity index (χ2n) is 3.61. The summed E-state index contributed by atoms with van der Waals surface area (Å²) in [4.78, 5) is 11.4. The van der Waals surface area contributed by atoms with Crippen LogP contribution in [0.15, 0.2) is 34.8 Å². The van der Waals surface area contributed by atoms with E-state index in [-0.39, 0.29) is 12.5 Å². The predicted molar refractivity (Wildman–Crippen MR) is 72.5 cm³/mol. The Kier molecular flexibility index (Phi) is 6.58. The van der Waals surface area contributed by atoms with Crippen LogP contribution in [-0.4, -0.2) is 24.2 Å². The topological polar surface area (TPSA) is 49.3 Å². The van der Waals surface area contributed by atoms with Gasteiger partial charge in [-0.1, -0.05) is 28.1 Å². The number of benzene rings is 1. The van der Waals surface area contributed by atoms with Crippen molar-refractivity contribution in [3.63, 3.8) is 0 Å². The molecule has 0 aliphatic heterocycles. The Morgan fingerprint density at radius 3 is 2.94 bits per heavy atom. The number of nitrogens with one attached hydrogen (secondary N) is 1. The van der Waals surface area contributed by atoms with Crippen LogP contribution in [0.3, 0.4) is 0 Å². The number of unbranched alkanes of at least 4 members (excludes halogenated alkanes) is 1. The second-order valence-corrected chi connectivity index (χ2v) is 4.53. The monoisotopic (exact) mass is 297 g/mol. The molecule has 0 heterocycles. The summed E-state index contributed by atoms with van der Waals surface area (Å²) >= 11 is 3.37. The number of hydrogen-bond acceptors (Lipinski definition) is 2. The van der Waals surface area contributed by atoms with Crippen molar-refractivity contribution in [2.75, 3.05) is 13.2 Å². The Hall–Kier alpha value is -1.13. The molecule has 1 aromatic carbocycles. The van der Waals surface area contributed by atoms with Crippen LogP contribution in [0.4, 0.5) is 0 Å². The fourth-order valence-corrected chi connectivity index (χ4v) is 1.71. The molecule has 1 rings (SSSR count). The van der Waals surface area contributed by atoms with Crippen molar-refractivity contribution in [3.8, 4) is 0 Å². The zero-order valence-corrected chi connectivity index (χ0v) is 11.1. The molecule has 0 fully saturated rings. The molecule has 92 valence electrons. The Morgan fingerprint density at radius 2 is 2.24 bits per heavy atom. The van der Waals surface area contributed by atoms with Gasteiger partial charge in [-0.15, -0.1) is 0 Å². The molecule has 0 aliphatic carbocycles. The molecule has 0 bridgehead atoms. The minimum atomic E-state index is -0.108. The number of rotatable bonds is 6. The number of aliphatic hydroxyl groups excluding tert-OH is 1. The maximum absolute atomic E-state index is 11.4. The third kappa shape index (κ3) is 6.24. The van der Waals surface area contributed by atoms with Crippen molar-refractivity contribution in [1.29, 1.82) is 0 Å². The van der Waals surface area contributed by atoms with Crippen molar-refractivity contribution in [1.82, 2.24) is 5.32 Å². The van der Waals surface area contributed by atoms with E-state index in [2.05, 4.69) is 21.2 Å². The normalized spacial score (nSPS) is 10.7. The molecule has 3 nitrogen and oxygen atoms in total. The number of halogens is 1. The Morgan fingerprint density at radius 1 is 1.41 bits per heavy atom. The molecule has 4 heteroatoms. The van der Waals surface area contributed by atoms with E-state index in [9.17, 15) is 4.79 Å². The third-order valence-corrected chi connectivity index (χ3v) is 2.65. The van der Waals surface area contributed by atoms with Crippen LogP contribution >= 0.6 is 15.9 Å². The molecule has 0 aromatic heterocycles. The quantitative estimate of drug-likeness (QED) is 0.625. The molecule has 0 radical (unpaired) electrons. The fourth-order valence-electron chi connectivity index (χ4n) is 1.29. The average molecular weight is 298 g/mol. The van der Waals surface area contributed by atoms with Gasteiger partial charge in [0, 0.05) is 23.7 Å². The van der Waals surface area contributed by atoms with Gasteiger partial charge in [0.1, 0.15) is 0 Å². The van der Waals surface area contributed by atoms with Gasteiger partial charge in [-0.2, -0.15) is 0 Å². The van der Waals surface area contributed by atoms with E-state index >= 15 is 0 Å². The molecule has 17 heavy (non-hydrogen) atoms. The van der Waals surface area contributed by atoms with Crippen LogP contribution in [-0.2, 0) is 4.79 Å². The fraction of sp³-hybridized carbons (Fsp3) is 0.308. The van der Waals surface area contributed by atoms with Crippen LogP contribution < -0.4 is 5.32 Å². The van der Waals surface area contributed by atoms with Gasteiger partial charge < -0.3 is 10.4 Å². The van der Waals surface area contributed by atoms with Crippen molar-refractivity contribution >= 4 is 27.9 Å². The maximum atomic E-state index is 11.4. The van der Waals surface area contributed by atoms with Crippen LogP contribution in [0.1, 0.15) is 18.4 Å². The van der Waals surface area contributed by atoms with Crippen molar-refractivity contribution in [2.24, 2.45) is 0 Å². The van der Waals surface area contributed by atoms with E-state index in [0.717, 1.165) is 22.9 Å². The number of aliphatic hydroxyl groups is 1. The highest BCUT2D eigenvalue weighted by Gasteiger charge is 1.95. The van der Waals surface area contributed by atoms with Gasteiger partial charge in [-0.25, -0.2) is 0 Å². The zero-order chi connectivity index (χ0) is 12.5. The molecule has 0 saturated carbocycles. The Balaban J connectivity index is 2.35. The van der Waals surface area contributed by atoms with Gasteiger partial charge in [0.2, 0.25) is 5.91 Å². The van der Waals surface area contributed by atoms with Gasteiger partial charge in [-0.3, -0.25) is 4.79 Å². The smallest absolute Gasteiger partial charge is 0.243 e. The SMILES string of the molecule is O=C(/C=C/c1cccc(Br)c1)NCCCCO. The van der Waals surface area contributed by atoms with Gasteiger partial charge in [0.25, 0.3) is 0 Å². The molecule has 0 atom stereocenters. The summed E-state index contributed by atoms with van der Waals surface area (Å²) in [5, 5.41) is 11.3. The number of hydrogen-bond donors (Lipinski definition) is 2. The molecule has 1 amide bonds. The summed E-state index contributed by atoms with van der Waals surface area (Å²) in [7, 11) is 0. The average Bonchev–Trinajstić information content (AvgIpc) is 2.32. The Labute approximate surface area is 110 Å². The number of carbonyl (C=O) groups excluding carboxylic acids is 1. The van der Waals surface area contributed by atoms with Crippen LogP contribution in [0.25, 0.3) is 6.08 Å². The number of amides is 1. The first-order chi connectivity index (χ1) is 8.22. The first-order valence-electron chi connectivity index (χ1n) is 5.54. The van der Waals surface area contributed by atoms with Gasteiger partial charge in [0.05, 0.1) is 0 Å². The van der Waals surface area contributed by atoms with E-state index < -0.39 is 0 Å². The van der Waals surface area contributed by atoms with Crippen molar-refractivity contribution < 1.29 is 9.90 Å². The molecule has 0 aliphatic rings. The number of carbonyl (C=O) groups is 1. The standard InChI is InChI=1S/C13H16BrNO2/c14-12-5-3-4-11(10-12)6-7-13(17)15-8-1-2-9-16/h3-7,10,16H,1-2,8-9H2,(H,15,17)/b7-6+. The molecule has 0 unspecified atom stereocenters. The molecule has 2 N–H and O–H groups in total.